The van der Waals surface area contributed by atoms with Crippen molar-refractivity contribution >= 4 is 41.7 Å². The van der Waals surface area contributed by atoms with Crippen molar-refractivity contribution in [3.05, 3.63) is 65.2 Å². The van der Waals surface area contributed by atoms with Gasteiger partial charge in [-0.25, -0.2) is 9.79 Å². The maximum atomic E-state index is 11.2. The molecule has 0 radical (unpaired) electrons. The Morgan fingerprint density at radius 1 is 1.00 bits per heavy atom. The topological polar surface area (TPSA) is 74.8 Å². The second kappa shape index (κ2) is 13.0. The fourth-order valence-corrected chi connectivity index (χ4v) is 2.63. The highest BCUT2D eigenvalue weighted by Gasteiger charge is 2.03. The predicted molar refractivity (Wildman–Crippen MR) is 125 cm³/mol. The molecule has 0 atom stereocenters. The maximum Gasteiger partial charge on any atom is 0.411 e. The van der Waals surface area contributed by atoms with Crippen molar-refractivity contribution in [2.24, 2.45) is 4.99 Å². The fraction of sp³-hybridized carbons (Fsp3) is 0.333. The Balaban J connectivity index is 0.00000392. The monoisotopic (exact) mass is 496 g/mol. The lowest BCUT2D eigenvalue weighted by Crippen LogP contribution is -2.37. The normalized spacial score (nSPS) is 10.6. The van der Waals surface area contributed by atoms with Crippen LogP contribution < -0.4 is 16.0 Å². The lowest BCUT2D eigenvalue weighted by atomic mass is 10.1. The summed E-state index contributed by atoms with van der Waals surface area (Å²) in [6, 6.07) is 16.0. The summed E-state index contributed by atoms with van der Waals surface area (Å²) in [7, 11) is 1.34. The van der Waals surface area contributed by atoms with E-state index in [2.05, 4.69) is 56.9 Å². The van der Waals surface area contributed by atoms with E-state index in [-0.39, 0.29) is 24.0 Å². The zero-order valence-electron chi connectivity index (χ0n) is 16.6. The third-order valence-electron chi connectivity index (χ3n) is 4.10. The molecule has 2 aromatic rings. The molecule has 1 amide bonds. The lowest BCUT2D eigenvalue weighted by Gasteiger charge is -2.13. The van der Waals surface area contributed by atoms with Gasteiger partial charge in [0.2, 0.25) is 0 Å². The number of nitrogens with one attached hydrogen (secondary N) is 3. The van der Waals surface area contributed by atoms with Crippen LogP contribution in [0.25, 0.3) is 0 Å². The van der Waals surface area contributed by atoms with E-state index in [0.717, 1.165) is 31.0 Å². The van der Waals surface area contributed by atoms with Crippen LogP contribution in [0.2, 0.25) is 0 Å². The summed E-state index contributed by atoms with van der Waals surface area (Å²) in [5.74, 6) is 0.778. The van der Waals surface area contributed by atoms with Crippen LogP contribution in [0.1, 0.15) is 30.5 Å². The van der Waals surface area contributed by atoms with Gasteiger partial charge in [0.25, 0.3) is 0 Å². The summed E-state index contributed by atoms with van der Waals surface area (Å²) >= 11 is 0. The number of hydrogen-bond acceptors (Lipinski definition) is 3. The number of guanidine groups is 1. The number of anilines is 1. The molecular formula is C21H29IN4O2. The van der Waals surface area contributed by atoms with Gasteiger partial charge in [-0.15, -0.1) is 24.0 Å². The van der Waals surface area contributed by atoms with Gasteiger partial charge in [-0.3, -0.25) is 5.32 Å². The number of ether oxygens (including phenoxy) is 1. The van der Waals surface area contributed by atoms with E-state index in [9.17, 15) is 4.79 Å². The molecule has 0 spiro atoms. The molecule has 0 saturated heterocycles. The van der Waals surface area contributed by atoms with Crippen molar-refractivity contribution in [1.29, 1.82) is 0 Å². The minimum absolute atomic E-state index is 0. The average molecular weight is 496 g/mol. The molecule has 152 valence electrons. The number of carbonyl (C=O) groups is 1. The average Bonchev–Trinajstić information content (AvgIpc) is 2.71. The predicted octanol–water partition coefficient (Wildman–Crippen LogP) is 4.30. The van der Waals surface area contributed by atoms with E-state index in [1.54, 1.807) is 0 Å². The number of carbonyl (C=O) groups excluding carboxylic acids is 1. The van der Waals surface area contributed by atoms with Gasteiger partial charge in [-0.1, -0.05) is 43.3 Å². The van der Waals surface area contributed by atoms with Crippen molar-refractivity contribution in [3.8, 4) is 0 Å². The van der Waals surface area contributed by atoms with Gasteiger partial charge in [0.05, 0.1) is 13.7 Å². The highest BCUT2D eigenvalue weighted by atomic mass is 127. The Kier molecular flexibility index (Phi) is 11.0. The van der Waals surface area contributed by atoms with E-state index < -0.39 is 6.09 Å². The number of hydrogen-bond donors (Lipinski definition) is 3. The Morgan fingerprint density at radius 2 is 1.68 bits per heavy atom. The van der Waals surface area contributed by atoms with Crippen molar-refractivity contribution in [3.63, 3.8) is 0 Å². The quantitative estimate of drug-likeness (QED) is 0.304. The summed E-state index contributed by atoms with van der Waals surface area (Å²) in [5.41, 5.74) is 4.37. The highest BCUT2D eigenvalue weighted by molar-refractivity contribution is 14.0. The minimum Gasteiger partial charge on any atom is -0.453 e. The van der Waals surface area contributed by atoms with Crippen LogP contribution in [-0.4, -0.2) is 25.7 Å². The van der Waals surface area contributed by atoms with E-state index in [4.69, 9.17) is 0 Å². The summed E-state index contributed by atoms with van der Waals surface area (Å²) in [5, 5.41) is 9.29. The summed E-state index contributed by atoms with van der Waals surface area (Å²) in [4.78, 5) is 15.9. The third kappa shape index (κ3) is 7.75. The number of amides is 1. The molecule has 7 heteroatoms. The smallest absolute Gasteiger partial charge is 0.411 e. The number of nitrogens with zero attached hydrogens (tertiary/aromatic N) is 1. The fourth-order valence-electron chi connectivity index (χ4n) is 2.63. The molecule has 2 rings (SSSR count). The van der Waals surface area contributed by atoms with Crippen LogP contribution in [0.3, 0.4) is 0 Å². The van der Waals surface area contributed by atoms with E-state index in [0.29, 0.717) is 12.2 Å². The van der Waals surface area contributed by atoms with Crippen molar-refractivity contribution in [2.45, 2.75) is 33.4 Å². The minimum atomic E-state index is -0.480. The van der Waals surface area contributed by atoms with Crippen LogP contribution in [0, 0.1) is 0 Å². The molecule has 0 fully saturated rings. The number of aliphatic imine (C=N–C) groups is 1. The molecule has 28 heavy (non-hydrogen) atoms. The number of methoxy groups -OCH3 is 1. The molecule has 0 aliphatic rings. The zero-order valence-corrected chi connectivity index (χ0v) is 18.9. The Bertz CT molecular complexity index is 763. The Morgan fingerprint density at radius 3 is 2.29 bits per heavy atom. The summed E-state index contributed by atoms with van der Waals surface area (Å²) in [6.07, 6.45) is 0.532. The lowest BCUT2D eigenvalue weighted by molar-refractivity contribution is 0.187. The Labute approximate surface area is 184 Å². The number of rotatable bonds is 7. The molecule has 0 heterocycles. The molecule has 0 unspecified atom stereocenters. The molecule has 3 N–H and O–H groups in total. The summed E-state index contributed by atoms with van der Waals surface area (Å²) in [6.45, 7) is 6.28. The molecule has 0 bridgehead atoms. The molecule has 0 aliphatic heterocycles. The van der Waals surface area contributed by atoms with Gasteiger partial charge < -0.3 is 15.4 Å². The maximum absolute atomic E-state index is 11.2. The SMILES string of the molecule is CCNC(=NCc1ccc(NC(=O)OC)cc1)NCc1ccccc1CC.I. The second-order valence-electron chi connectivity index (χ2n) is 5.98. The van der Waals surface area contributed by atoms with Crippen LogP contribution in [0.4, 0.5) is 10.5 Å². The Hall–Kier alpha value is -2.29. The zero-order chi connectivity index (χ0) is 19.5. The molecule has 0 saturated carbocycles. The second-order valence-corrected chi connectivity index (χ2v) is 5.98. The van der Waals surface area contributed by atoms with Crippen molar-refractivity contribution < 1.29 is 9.53 Å². The largest absolute Gasteiger partial charge is 0.453 e. The summed E-state index contributed by atoms with van der Waals surface area (Å²) < 4.78 is 4.58. The molecule has 6 nitrogen and oxygen atoms in total. The first-order valence-electron chi connectivity index (χ1n) is 9.19. The van der Waals surface area contributed by atoms with Gasteiger partial charge in [0.1, 0.15) is 0 Å². The standard InChI is InChI=1S/C21H28N4O2.HI/c1-4-17-8-6-7-9-18(17)15-24-20(22-5-2)23-14-16-10-12-19(13-11-16)25-21(26)27-3;/h6-13H,4-5,14-15H2,1-3H3,(H,25,26)(H2,22,23,24);1H. The number of benzene rings is 2. The third-order valence-corrected chi connectivity index (χ3v) is 4.10. The first-order chi connectivity index (χ1) is 13.2. The number of halogens is 1. The van der Waals surface area contributed by atoms with Gasteiger partial charge in [0.15, 0.2) is 5.96 Å². The highest BCUT2D eigenvalue weighted by Crippen LogP contribution is 2.11. The number of aryl methyl sites for hydroxylation is 1. The van der Waals surface area contributed by atoms with E-state index in [1.165, 1.54) is 18.2 Å². The molecule has 2 aromatic carbocycles. The van der Waals surface area contributed by atoms with Crippen LogP contribution in [0.15, 0.2) is 53.5 Å². The van der Waals surface area contributed by atoms with Gasteiger partial charge in [-0.2, -0.15) is 0 Å². The van der Waals surface area contributed by atoms with Gasteiger partial charge >= 0.3 is 6.09 Å². The first-order valence-corrected chi connectivity index (χ1v) is 9.19. The molecular weight excluding hydrogens is 467 g/mol. The van der Waals surface area contributed by atoms with Gasteiger partial charge in [-0.05, 0) is 42.2 Å². The van der Waals surface area contributed by atoms with Crippen LogP contribution >= 0.6 is 24.0 Å². The van der Waals surface area contributed by atoms with E-state index in [1.807, 2.05) is 31.2 Å². The van der Waals surface area contributed by atoms with Crippen molar-refractivity contribution in [1.82, 2.24) is 10.6 Å². The first kappa shape index (κ1) is 23.7. The molecule has 0 aliphatic carbocycles. The van der Waals surface area contributed by atoms with E-state index >= 15 is 0 Å². The van der Waals surface area contributed by atoms with Gasteiger partial charge in [0, 0.05) is 18.8 Å². The van der Waals surface area contributed by atoms with Crippen LogP contribution in [-0.2, 0) is 24.2 Å². The molecule has 0 aromatic heterocycles. The van der Waals surface area contributed by atoms with Crippen LogP contribution in [0.5, 0.6) is 0 Å². The van der Waals surface area contributed by atoms with Crippen molar-refractivity contribution in [2.75, 3.05) is 19.0 Å².